The molecule has 1 aliphatic carbocycles. The van der Waals surface area contributed by atoms with Gasteiger partial charge in [0.05, 0.1) is 19.0 Å². The van der Waals surface area contributed by atoms with Gasteiger partial charge in [-0.2, -0.15) is 4.98 Å². The first kappa shape index (κ1) is 18.2. The van der Waals surface area contributed by atoms with E-state index in [1.54, 1.807) is 18.0 Å². The van der Waals surface area contributed by atoms with Crippen LogP contribution in [0.1, 0.15) is 31.4 Å². The molecule has 8 nitrogen and oxygen atoms in total. The van der Waals surface area contributed by atoms with Crippen LogP contribution >= 0.6 is 0 Å². The van der Waals surface area contributed by atoms with Gasteiger partial charge in [0, 0.05) is 18.9 Å². The lowest BCUT2D eigenvalue weighted by molar-refractivity contribution is 0.411. The third kappa shape index (κ3) is 4.39. The van der Waals surface area contributed by atoms with Crippen molar-refractivity contribution in [2.45, 2.75) is 32.1 Å². The Hall–Kier alpha value is -3.16. The van der Waals surface area contributed by atoms with Crippen molar-refractivity contribution in [1.82, 2.24) is 25.0 Å². The van der Waals surface area contributed by atoms with Gasteiger partial charge in [0.25, 0.3) is 0 Å². The molecule has 2 heterocycles. The van der Waals surface area contributed by atoms with Gasteiger partial charge < -0.3 is 15.4 Å². The fourth-order valence-corrected chi connectivity index (χ4v) is 3.14. The topological polar surface area (TPSA) is 89.8 Å². The third-order valence-corrected chi connectivity index (χ3v) is 4.88. The SMILES string of the molecule is CNc1ccnc(Nc2ccc(OC)c(-n3cc(CCCC4CC4)nn3)c2)n1. The Balaban J connectivity index is 1.52. The molecule has 0 spiro atoms. The van der Waals surface area contributed by atoms with Crippen LogP contribution in [0.3, 0.4) is 0 Å². The summed E-state index contributed by atoms with van der Waals surface area (Å²) in [6.07, 6.45) is 9.89. The Morgan fingerprint density at radius 1 is 1.25 bits per heavy atom. The van der Waals surface area contributed by atoms with E-state index in [4.69, 9.17) is 4.74 Å². The Morgan fingerprint density at radius 2 is 2.14 bits per heavy atom. The van der Waals surface area contributed by atoms with Gasteiger partial charge >= 0.3 is 0 Å². The summed E-state index contributed by atoms with van der Waals surface area (Å²) < 4.78 is 7.28. The smallest absolute Gasteiger partial charge is 0.229 e. The summed E-state index contributed by atoms with van der Waals surface area (Å²) in [5, 5.41) is 14.9. The highest BCUT2D eigenvalue weighted by Crippen LogP contribution is 2.34. The van der Waals surface area contributed by atoms with Gasteiger partial charge in [-0.25, -0.2) is 9.67 Å². The number of hydrogen-bond donors (Lipinski definition) is 2. The second-order valence-electron chi connectivity index (χ2n) is 7.02. The Bertz CT molecular complexity index is 936. The maximum Gasteiger partial charge on any atom is 0.229 e. The van der Waals surface area contributed by atoms with E-state index in [1.807, 2.05) is 37.5 Å². The number of aryl methyl sites for hydroxylation is 1. The van der Waals surface area contributed by atoms with Crippen LogP contribution < -0.4 is 15.4 Å². The van der Waals surface area contributed by atoms with Crippen molar-refractivity contribution in [2.24, 2.45) is 5.92 Å². The fraction of sp³-hybridized carbons (Fsp3) is 0.400. The molecule has 0 saturated heterocycles. The first-order valence-electron chi connectivity index (χ1n) is 9.62. The van der Waals surface area contributed by atoms with E-state index < -0.39 is 0 Å². The molecule has 4 rings (SSSR count). The van der Waals surface area contributed by atoms with Crippen molar-refractivity contribution in [2.75, 3.05) is 24.8 Å². The summed E-state index contributed by atoms with van der Waals surface area (Å²) in [5.41, 5.74) is 2.67. The molecular formula is C20H25N7O. The zero-order valence-electron chi connectivity index (χ0n) is 16.2. The second-order valence-corrected chi connectivity index (χ2v) is 7.02. The maximum absolute atomic E-state index is 5.51. The van der Waals surface area contributed by atoms with Gasteiger partial charge in [-0.3, -0.25) is 0 Å². The molecular weight excluding hydrogens is 354 g/mol. The molecule has 1 aromatic carbocycles. The Kier molecular flexibility index (Phi) is 5.36. The van der Waals surface area contributed by atoms with Crippen LogP contribution in [-0.2, 0) is 6.42 Å². The first-order chi connectivity index (χ1) is 13.7. The minimum Gasteiger partial charge on any atom is -0.494 e. The predicted molar refractivity (Wildman–Crippen MR) is 108 cm³/mol. The van der Waals surface area contributed by atoms with Crippen LogP contribution in [0, 0.1) is 5.92 Å². The molecule has 0 radical (unpaired) electrons. The van der Waals surface area contributed by atoms with Crippen molar-refractivity contribution in [1.29, 1.82) is 0 Å². The molecule has 28 heavy (non-hydrogen) atoms. The lowest BCUT2D eigenvalue weighted by Crippen LogP contribution is -2.03. The van der Waals surface area contributed by atoms with Crippen molar-refractivity contribution in [3.8, 4) is 11.4 Å². The van der Waals surface area contributed by atoms with Crippen molar-refractivity contribution in [3.63, 3.8) is 0 Å². The number of aromatic nitrogens is 5. The van der Waals surface area contributed by atoms with Crippen LogP contribution in [0.15, 0.2) is 36.7 Å². The lowest BCUT2D eigenvalue weighted by Gasteiger charge is -2.11. The Morgan fingerprint density at radius 3 is 2.93 bits per heavy atom. The average molecular weight is 379 g/mol. The van der Waals surface area contributed by atoms with E-state index in [0.717, 1.165) is 41.0 Å². The second kappa shape index (κ2) is 8.24. The molecule has 146 valence electrons. The third-order valence-electron chi connectivity index (χ3n) is 4.88. The van der Waals surface area contributed by atoms with Crippen LogP contribution in [0.25, 0.3) is 5.69 Å². The molecule has 1 fully saturated rings. The number of ether oxygens (including phenoxy) is 1. The van der Waals surface area contributed by atoms with E-state index in [2.05, 4.69) is 30.9 Å². The zero-order chi connectivity index (χ0) is 19.3. The summed E-state index contributed by atoms with van der Waals surface area (Å²) in [5.74, 6) is 2.94. The molecule has 0 atom stereocenters. The van der Waals surface area contributed by atoms with Gasteiger partial charge in [-0.1, -0.05) is 24.5 Å². The predicted octanol–water partition coefficient (Wildman–Crippen LogP) is 3.58. The number of anilines is 3. The highest BCUT2D eigenvalue weighted by molar-refractivity contribution is 5.62. The molecule has 8 heteroatoms. The largest absolute Gasteiger partial charge is 0.494 e. The number of methoxy groups -OCH3 is 1. The molecule has 0 aliphatic heterocycles. The van der Waals surface area contributed by atoms with Crippen LogP contribution in [0.5, 0.6) is 5.75 Å². The van der Waals surface area contributed by atoms with Gasteiger partial charge in [0.15, 0.2) is 0 Å². The molecule has 0 amide bonds. The minimum atomic E-state index is 0.516. The number of nitrogens with one attached hydrogen (secondary N) is 2. The zero-order valence-corrected chi connectivity index (χ0v) is 16.2. The highest BCUT2D eigenvalue weighted by Gasteiger charge is 2.20. The van der Waals surface area contributed by atoms with Crippen molar-refractivity contribution >= 4 is 17.5 Å². The van der Waals surface area contributed by atoms with Gasteiger partial charge in [-0.15, -0.1) is 5.10 Å². The molecule has 1 saturated carbocycles. The van der Waals surface area contributed by atoms with Crippen molar-refractivity contribution < 1.29 is 4.74 Å². The molecule has 2 N–H and O–H groups in total. The summed E-state index contributed by atoms with van der Waals surface area (Å²) in [7, 11) is 3.48. The normalized spacial score (nSPS) is 13.4. The quantitative estimate of drug-likeness (QED) is 0.587. The number of nitrogens with zero attached hydrogens (tertiary/aromatic N) is 5. The summed E-state index contributed by atoms with van der Waals surface area (Å²) in [4.78, 5) is 8.65. The van der Waals surface area contributed by atoms with E-state index in [0.29, 0.717) is 5.95 Å². The van der Waals surface area contributed by atoms with E-state index in [1.165, 1.54) is 25.7 Å². The first-order valence-corrected chi connectivity index (χ1v) is 9.62. The molecule has 1 aliphatic rings. The van der Waals surface area contributed by atoms with Crippen LogP contribution in [-0.4, -0.2) is 39.1 Å². The van der Waals surface area contributed by atoms with Crippen molar-refractivity contribution in [3.05, 3.63) is 42.4 Å². The van der Waals surface area contributed by atoms with Crippen LogP contribution in [0.4, 0.5) is 17.5 Å². The van der Waals surface area contributed by atoms with E-state index in [9.17, 15) is 0 Å². The fourth-order valence-electron chi connectivity index (χ4n) is 3.14. The maximum atomic E-state index is 5.51. The van der Waals surface area contributed by atoms with Gasteiger partial charge in [-0.05, 0) is 43.0 Å². The highest BCUT2D eigenvalue weighted by atomic mass is 16.5. The molecule has 3 aromatic rings. The monoisotopic (exact) mass is 379 g/mol. The average Bonchev–Trinajstić information content (AvgIpc) is 3.43. The number of benzene rings is 1. The number of rotatable bonds is 9. The van der Waals surface area contributed by atoms with E-state index >= 15 is 0 Å². The van der Waals surface area contributed by atoms with Gasteiger partial charge in [0.1, 0.15) is 17.3 Å². The van der Waals surface area contributed by atoms with Gasteiger partial charge in [0.2, 0.25) is 5.95 Å². The molecule has 0 unspecified atom stereocenters. The summed E-state index contributed by atoms with van der Waals surface area (Å²) >= 11 is 0. The van der Waals surface area contributed by atoms with Crippen LogP contribution in [0.2, 0.25) is 0 Å². The minimum absolute atomic E-state index is 0.516. The summed E-state index contributed by atoms with van der Waals surface area (Å²) in [6, 6.07) is 7.58. The van der Waals surface area contributed by atoms with E-state index in [-0.39, 0.29) is 0 Å². The standard InChI is InChI=1S/C20H25N7O/c1-21-19-10-11-22-20(24-19)23-15-8-9-18(28-2)17(12-15)27-13-16(25-26-27)5-3-4-14-6-7-14/h8-14H,3-7H2,1-2H3,(H2,21,22,23,24). The number of hydrogen-bond acceptors (Lipinski definition) is 7. The molecule has 2 aromatic heterocycles. The lowest BCUT2D eigenvalue weighted by atomic mass is 10.1. The molecule has 0 bridgehead atoms. The summed E-state index contributed by atoms with van der Waals surface area (Å²) in [6.45, 7) is 0. The Labute approximate surface area is 164 Å².